The molecule has 0 unspecified atom stereocenters. The van der Waals surface area contributed by atoms with Crippen LogP contribution in [0.3, 0.4) is 0 Å². The number of aromatic nitrogens is 1. The molecule has 1 aliphatic heterocycles. The molecular weight excluding hydrogens is 326 g/mol. The Bertz CT molecular complexity index is 656. The van der Waals surface area contributed by atoms with Gasteiger partial charge >= 0.3 is 0 Å². The third-order valence-electron chi connectivity index (χ3n) is 4.54. The normalized spacial score (nSPS) is 17.2. The summed E-state index contributed by atoms with van der Waals surface area (Å²) in [6.45, 7) is 7.28. The fourth-order valence-corrected chi connectivity index (χ4v) is 3.72. The van der Waals surface area contributed by atoms with Crippen molar-refractivity contribution in [2.24, 2.45) is 0 Å². The number of carbonyl (C=O) groups is 1. The van der Waals surface area contributed by atoms with Crippen LogP contribution in [0.5, 0.6) is 0 Å². The first-order chi connectivity index (χ1) is 11.5. The molecule has 2 aromatic rings. The summed E-state index contributed by atoms with van der Waals surface area (Å²) in [6.07, 6.45) is -0.103. The smallest absolute Gasteiger partial charge is 0.227 e. The van der Waals surface area contributed by atoms with Crippen molar-refractivity contribution in [3.05, 3.63) is 39.4 Å². The molecule has 130 valence electrons. The van der Waals surface area contributed by atoms with Crippen LogP contribution in [0.4, 0.5) is 0 Å². The lowest BCUT2D eigenvalue weighted by atomic mass is 10.1. The highest BCUT2D eigenvalue weighted by Gasteiger charge is 2.24. The first-order valence-corrected chi connectivity index (χ1v) is 9.06. The van der Waals surface area contributed by atoms with E-state index in [1.807, 2.05) is 36.3 Å². The number of β-amino-alcohol motifs (C(OH)–C–C–N with tert-alkyl or cyclic N) is 1. The van der Waals surface area contributed by atoms with Gasteiger partial charge in [-0.2, -0.15) is 0 Å². The lowest BCUT2D eigenvalue weighted by Gasteiger charge is -2.35. The standard InChI is InChI=1S/C17H23N3O3S/c1-12-14(13(2)23-18-12)10-17(22)20-7-5-19(6-8-20)11-15(21)16-4-3-9-24-16/h3-4,9,15,21H,5-8,10-11H2,1-2H3/t15-/m0/s1. The Labute approximate surface area is 145 Å². The zero-order chi connectivity index (χ0) is 17.1. The molecule has 3 heterocycles. The number of nitrogens with zero attached hydrogens (tertiary/aromatic N) is 3. The number of hydrogen-bond donors (Lipinski definition) is 1. The van der Waals surface area contributed by atoms with E-state index in [4.69, 9.17) is 4.52 Å². The van der Waals surface area contributed by atoms with Crippen molar-refractivity contribution in [2.75, 3.05) is 32.7 Å². The minimum atomic E-state index is -0.449. The molecule has 0 aromatic carbocycles. The molecule has 0 aliphatic carbocycles. The van der Waals surface area contributed by atoms with Crippen LogP contribution in [0.2, 0.25) is 0 Å². The van der Waals surface area contributed by atoms with Crippen LogP contribution < -0.4 is 0 Å². The van der Waals surface area contributed by atoms with Crippen LogP contribution in [0.1, 0.15) is 28.0 Å². The average Bonchev–Trinajstić information content (AvgIpc) is 3.21. The first-order valence-electron chi connectivity index (χ1n) is 8.18. The molecule has 1 saturated heterocycles. The summed E-state index contributed by atoms with van der Waals surface area (Å²) >= 11 is 1.57. The molecule has 24 heavy (non-hydrogen) atoms. The van der Waals surface area contributed by atoms with E-state index >= 15 is 0 Å². The molecule has 0 spiro atoms. The number of rotatable bonds is 5. The Hall–Kier alpha value is -1.70. The molecule has 0 saturated carbocycles. The van der Waals surface area contributed by atoms with Crippen molar-refractivity contribution in [3.8, 4) is 0 Å². The van der Waals surface area contributed by atoms with Crippen molar-refractivity contribution in [3.63, 3.8) is 0 Å². The minimum absolute atomic E-state index is 0.114. The van der Waals surface area contributed by atoms with Gasteiger partial charge in [0.1, 0.15) is 11.9 Å². The molecule has 1 N–H and O–H groups in total. The summed E-state index contributed by atoms with van der Waals surface area (Å²) in [5, 5.41) is 16.1. The SMILES string of the molecule is Cc1noc(C)c1CC(=O)N1CCN(C[C@H](O)c2cccs2)CC1. The van der Waals surface area contributed by atoms with E-state index in [2.05, 4.69) is 10.1 Å². The average molecular weight is 349 g/mol. The van der Waals surface area contributed by atoms with Gasteiger partial charge < -0.3 is 14.5 Å². The fourth-order valence-electron chi connectivity index (χ4n) is 3.01. The Morgan fingerprint density at radius 3 is 2.71 bits per heavy atom. The van der Waals surface area contributed by atoms with Gasteiger partial charge in [-0.05, 0) is 25.3 Å². The molecular formula is C17H23N3O3S. The van der Waals surface area contributed by atoms with Crippen LogP contribution in [0.15, 0.2) is 22.0 Å². The molecule has 1 aliphatic rings. The van der Waals surface area contributed by atoms with Crippen LogP contribution >= 0.6 is 11.3 Å². The van der Waals surface area contributed by atoms with E-state index in [0.717, 1.165) is 35.0 Å². The van der Waals surface area contributed by atoms with Gasteiger partial charge in [0, 0.05) is 43.2 Å². The largest absolute Gasteiger partial charge is 0.386 e. The zero-order valence-electron chi connectivity index (χ0n) is 14.1. The summed E-state index contributed by atoms with van der Waals surface area (Å²) in [6, 6.07) is 3.91. The topological polar surface area (TPSA) is 69.8 Å². The number of aliphatic hydroxyl groups excluding tert-OH is 1. The van der Waals surface area contributed by atoms with Gasteiger partial charge in [-0.25, -0.2) is 0 Å². The van der Waals surface area contributed by atoms with E-state index in [0.29, 0.717) is 26.1 Å². The van der Waals surface area contributed by atoms with E-state index in [1.54, 1.807) is 11.3 Å². The Kier molecular flexibility index (Phi) is 5.33. The minimum Gasteiger partial charge on any atom is -0.386 e. The maximum absolute atomic E-state index is 12.5. The van der Waals surface area contributed by atoms with Crippen molar-refractivity contribution in [1.82, 2.24) is 15.0 Å². The van der Waals surface area contributed by atoms with Gasteiger partial charge in [0.15, 0.2) is 0 Å². The molecule has 1 atom stereocenters. The van der Waals surface area contributed by atoms with Gasteiger partial charge in [-0.3, -0.25) is 9.69 Å². The number of aliphatic hydroxyl groups is 1. The van der Waals surface area contributed by atoms with Crippen molar-refractivity contribution >= 4 is 17.2 Å². The highest BCUT2D eigenvalue weighted by molar-refractivity contribution is 7.10. The summed E-state index contributed by atoms with van der Waals surface area (Å²) in [5.74, 6) is 0.835. The van der Waals surface area contributed by atoms with Gasteiger partial charge in [-0.15, -0.1) is 11.3 Å². The third-order valence-corrected chi connectivity index (χ3v) is 5.51. The summed E-state index contributed by atoms with van der Waals surface area (Å²) in [4.78, 5) is 17.6. The quantitative estimate of drug-likeness (QED) is 0.891. The Balaban J connectivity index is 1.49. The summed E-state index contributed by atoms with van der Waals surface area (Å²) in [5.41, 5.74) is 1.69. The second-order valence-corrected chi connectivity index (χ2v) is 7.17. The van der Waals surface area contributed by atoms with Crippen LogP contribution in [0, 0.1) is 13.8 Å². The highest BCUT2D eigenvalue weighted by Crippen LogP contribution is 2.20. The molecule has 7 heteroatoms. The lowest BCUT2D eigenvalue weighted by molar-refractivity contribution is -0.132. The van der Waals surface area contributed by atoms with Gasteiger partial charge in [0.05, 0.1) is 12.1 Å². The monoisotopic (exact) mass is 349 g/mol. The van der Waals surface area contributed by atoms with E-state index in [9.17, 15) is 9.90 Å². The lowest BCUT2D eigenvalue weighted by Crippen LogP contribution is -2.50. The van der Waals surface area contributed by atoms with Crippen LogP contribution in [0.25, 0.3) is 0 Å². The molecule has 0 bridgehead atoms. The highest BCUT2D eigenvalue weighted by atomic mass is 32.1. The van der Waals surface area contributed by atoms with Crippen molar-refractivity contribution in [1.29, 1.82) is 0 Å². The number of hydrogen-bond acceptors (Lipinski definition) is 6. The van der Waals surface area contributed by atoms with Crippen LogP contribution in [-0.2, 0) is 11.2 Å². The summed E-state index contributed by atoms with van der Waals surface area (Å²) in [7, 11) is 0. The zero-order valence-corrected chi connectivity index (χ0v) is 14.9. The Morgan fingerprint density at radius 1 is 1.38 bits per heavy atom. The van der Waals surface area contributed by atoms with E-state index in [1.165, 1.54) is 0 Å². The van der Waals surface area contributed by atoms with E-state index < -0.39 is 6.10 Å². The number of carbonyl (C=O) groups excluding carboxylic acids is 1. The summed E-state index contributed by atoms with van der Waals surface area (Å²) < 4.78 is 5.12. The second kappa shape index (κ2) is 7.46. The van der Waals surface area contributed by atoms with E-state index in [-0.39, 0.29) is 5.91 Å². The molecule has 0 radical (unpaired) electrons. The number of piperazine rings is 1. The predicted molar refractivity (Wildman–Crippen MR) is 92.0 cm³/mol. The maximum atomic E-state index is 12.5. The third kappa shape index (κ3) is 3.85. The Morgan fingerprint density at radius 2 is 2.12 bits per heavy atom. The van der Waals surface area contributed by atoms with Gasteiger partial charge in [0.2, 0.25) is 5.91 Å². The van der Waals surface area contributed by atoms with Crippen LogP contribution in [-0.4, -0.2) is 58.7 Å². The predicted octanol–water partition coefficient (Wildman–Crippen LogP) is 1.77. The molecule has 2 aromatic heterocycles. The van der Waals surface area contributed by atoms with Crippen molar-refractivity contribution in [2.45, 2.75) is 26.4 Å². The fraction of sp³-hybridized carbons (Fsp3) is 0.529. The number of aryl methyl sites for hydroxylation is 2. The van der Waals surface area contributed by atoms with Crippen molar-refractivity contribution < 1.29 is 14.4 Å². The molecule has 6 nitrogen and oxygen atoms in total. The number of amides is 1. The number of thiophene rings is 1. The van der Waals surface area contributed by atoms with Gasteiger partial charge in [0.25, 0.3) is 0 Å². The van der Waals surface area contributed by atoms with Gasteiger partial charge in [-0.1, -0.05) is 11.2 Å². The maximum Gasteiger partial charge on any atom is 0.227 e. The molecule has 3 rings (SSSR count). The molecule has 1 amide bonds. The molecule has 1 fully saturated rings. The second-order valence-electron chi connectivity index (χ2n) is 6.19. The first kappa shape index (κ1) is 17.1.